The van der Waals surface area contributed by atoms with Gasteiger partial charge in [-0.1, -0.05) is 29.9 Å². The van der Waals surface area contributed by atoms with Gasteiger partial charge in [0.2, 0.25) is 0 Å². The van der Waals surface area contributed by atoms with E-state index in [9.17, 15) is 0 Å². The predicted octanol–water partition coefficient (Wildman–Crippen LogP) is 5.15. The highest BCUT2D eigenvalue weighted by Crippen LogP contribution is 2.35. The second kappa shape index (κ2) is 6.12. The van der Waals surface area contributed by atoms with Gasteiger partial charge in [0.05, 0.1) is 5.56 Å². The minimum absolute atomic E-state index is 0.289. The molecule has 2 aromatic rings. The maximum Gasteiger partial charge on any atom is 0.138 e. The van der Waals surface area contributed by atoms with Gasteiger partial charge in [-0.2, -0.15) is 0 Å². The molecule has 2 N–H and O–H groups in total. The monoisotopic (exact) mass is 369 g/mol. The second-order valence-corrected chi connectivity index (χ2v) is 6.18. The molecule has 2 aromatic carbocycles. The number of thiocarbonyl (C=S) groups is 1. The van der Waals surface area contributed by atoms with Crippen molar-refractivity contribution in [2.75, 3.05) is 0 Å². The van der Waals surface area contributed by atoms with E-state index in [4.69, 9.17) is 34.3 Å². The average Bonchev–Trinajstić information content (AvgIpc) is 2.33. The summed E-state index contributed by atoms with van der Waals surface area (Å²) in [4.78, 5) is 0.289. The Labute approximate surface area is 137 Å². The van der Waals surface area contributed by atoms with Crippen LogP contribution in [0.5, 0.6) is 11.5 Å². The Hall–Kier alpha value is -1.10. The van der Waals surface area contributed by atoms with E-state index in [2.05, 4.69) is 15.9 Å². The van der Waals surface area contributed by atoms with Crippen LogP contribution in [0, 0.1) is 13.8 Å². The number of halogens is 2. The Morgan fingerprint density at radius 1 is 1.25 bits per heavy atom. The Bertz CT molecular complexity index is 665. The van der Waals surface area contributed by atoms with Crippen LogP contribution in [0.4, 0.5) is 0 Å². The van der Waals surface area contributed by atoms with Gasteiger partial charge in [-0.3, -0.25) is 0 Å². The topological polar surface area (TPSA) is 35.2 Å². The van der Waals surface area contributed by atoms with Gasteiger partial charge in [-0.15, -0.1) is 0 Å². The van der Waals surface area contributed by atoms with Crippen molar-refractivity contribution in [1.29, 1.82) is 0 Å². The molecule has 0 aliphatic heterocycles. The lowest BCUT2D eigenvalue weighted by atomic mass is 10.1. The first-order valence-electron chi connectivity index (χ1n) is 5.93. The maximum absolute atomic E-state index is 6.03. The molecule has 0 atom stereocenters. The summed E-state index contributed by atoms with van der Waals surface area (Å²) in [5.41, 5.74) is 8.38. The largest absolute Gasteiger partial charge is 0.456 e. The molecule has 0 aliphatic rings. The Morgan fingerprint density at radius 3 is 2.40 bits per heavy atom. The van der Waals surface area contributed by atoms with Crippen LogP contribution in [0.2, 0.25) is 5.02 Å². The molecule has 0 bridgehead atoms. The first kappa shape index (κ1) is 15.3. The van der Waals surface area contributed by atoms with Crippen LogP contribution >= 0.6 is 39.7 Å². The number of rotatable bonds is 3. The molecule has 104 valence electrons. The number of benzene rings is 2. The number of nitrogens with two attached hydrogens (primary N) is 1. The fraction of sp³-hybridized carbons (Fsp3) is 0.133. The first-order chi connectivity index (χ1) is 9.40. The summed E-state index contributed by atoms with van der Waals surface area (Å²) in [6, 6.07) is 9.32. The second-order valence-electron chi connectivity index (χ2n) is 4.45. The zero-order chi connectivity index (χ0) is 14.9. The Kier molecular flexibility index (Phi) is 4.68. The quantitative estimate of drug-likeness (QED) is 0.759. The van der Waals surface area contributed by atoms with Crippen molar-refractivity contribution in [1.82, 2.24) is 0 Å². The van der Waals surface area contributed by atoms with Crippen molar-refractivity contribution >= 4 is 44.7 Å². The minimum Gasteiger partial charge on any atom is -0.456 e. The fourth-order valence-corrected chi connectivity index (χ4v) is 3.23. The average molecular weight is 371 g/mol. The van der Waals surface area contributed by atoms with Crippen LogP contribution in [0.1, 0.15) is 16.7 Å². The SMILES string of the molecule is Cc1cc(Cl)cc(C)c1Oc1cccc(Br)c1C(N)=S. The highest BCUT2D eigenvalue weighted by molar-refractivity contribution is 9.10. The molecule has 0 aliphatic carbocycles. The molecule has 0 saturated carbocycles. The Morgan fingerprint density at radius 2 is 1.85 bits per heavy atom. The summed E-state index contributed by atoms with van der Waals surface area (Å²) in [5.74, 6) is 1.39. The van der Waals surface area contributed by atoms with Crippen LogP contribution in [-0.4, -0.2) is 4.99 Å². The zero-order valence-electron chi connectivity index (χ0n) is 11.0. The lowest BCUT2D eigenvalue weighted by Gasteiger charge is -2.15. The summed E-state index contributed by atoms with van der Waals surface area (Å²) in [6.07, 6.45) is 0. The van der Waals surface area contributed by atoms with Gasteiger partial charge in [-0.25, -0.2) is 0 Å². The van der Waals surface area contributed by atoms with Crippen LogP contribution in [0.15, 0.2) is 34.8 Å². The first-order valence-corrected chi connectivity index (χ1v) is 7.51. The van der Waals surface area contributed by atoms with Crippen LogP contribution in [0.25, 0.3) is 0 Å². The van der Waals surface area contributed by atoms with E-state index in [-0.39, 0.29) is 4.99 Å². The molecular formula is C15H13BrClNOS. The van der Waals surface area contributed by atoms with E-state index in [1.807, 2.05) is 44.2 Å². The van der Waals surface area contributed by atoms with Crippen molar-refractivity contribution in [2.45, 2.75) is 13.8 Å². The third-order valence-electron chi connectivity index (χ3n) is 2.86. The van der Waals surface area contributed by atoms with E-state index in [0.717, 1.165) is 21.3 Å². The lowest BCUT2D eigenvalue weighted by Crippen LogP contribution is -2.12. The van der Waals surface area contributed by atoms with Crippen LogP contribution < -0.4 is 10.5 Å². The summed E-state index contributed by atoms with van der Waals surface area (Å²) in [5, 5.41) is 0.691. The standard InChI is InChI=1S/C15H13BrClNOS/c1-8-6-10(17)7-9(2)14(8)19-12-5-3-4-11(16)13(12)15(18)20/h3-7H,1-2H3,(H2,18,20). The molecule has 0 aromatic heterocycles. The van der Waals surface area contributed by atoms with Gasteiger partial charge in [0.15, 0.2) is 0 Å². The lowest BCUT2D eigenvalue weighted by molar-refractivity contribution is 0.474. The molecule has 0 heterocycles. The molecular weight excluding hydrogens is 358 g/mol. The molecule has 2 rings (SSSR count). The molecule has 0 spiro atoms. The predicted molar refractivity (Wildman–Crippen MR) is 91.0 cm³/mol. The van der Waals surface area contributed by atoms with Gasteiger partial charge in [0.25, 0.3) is 0 Å². The molecule has 0 unspecified atom stereocenters. The molecule has 0 radical (unpaired) electrons. The van der Waals surface area contributed by atoms with Crippen LogP contribution in [0.3, 0.4) is 0 Å². The number of hydrogen-bond acceptors (Lipinski definition) is 2. The summed E-state index contributed by atoms with van der Waals surface area (Å²) in [7, 11) is 0. The van der Waals surface area contributed by atoms with E-state index in [1.54, 1.807) is 0 Å². The third-order valence-corrected chi connectivity index (χ3v) is 3.94. The van der Waals surface area contributed by atoms with Gasteiger partial charge in [-0.05, 0) is 65.2 Å². The number of aryl methyl sites for hydroxylation is 2. The normalized spacial score (nSPS) is 10.4. The van der Waals surface area contributed by atoms with Crippen molar-refractivity contribution < 1.29 is 4.74 Å². The fourth-order valence-electron chi connectivity index (χ4n) is 2.00. The number of ether oxygens (including phenoxy) is 1. The molecule has 2 nitrogen and oxygen atoms in total. The van der Waals surface area contributed by atoms with Gasteiger partial charge < -0.3 is 10.5 Å². The minimum atomic E-state index is 0.289. The van der Waals surface area contributed by atoms with Crippen LogP contribution in [-0.2, 0) is 0 Å². The smallest absolute Gasteiger partial charge is 0.138 e. The van der Waals surface area contributed by atoms with Crippen molar-refractivity contribution in [2.24, 2.45) is 5.73 Å². The summed E-state index contributed by atoms with van der Waals surface area (Å²) < 4.78 is 6.82. The molecule has 5 heteroatoms. The summed E-state index contributed by atoms with van der Waals surface area (Å²) >= 11 is 14.6. The van der Waals surface area contributed by atoms with Gasteiger partial charge in [0.1, 0.15) is 16.5 Å². The molecule has 0 amide bonds. The van der Waals surface area contributed by atoms with Crippen molar-refractivity contribution in [3.05, 3.63) is 56.5 Å². The van der Waals surface area contributed by atoms with E-state index in [0.29, 0.717) is 16.3 Å². The maximum atomic E-state index is 6.03. The highest BCUT2D eigenvalue weighted by atomic mass is 79.9. The van der Waals surface area contributed by atoms with E-state index < -0.39 is 0 Å². The van der Waals surface area contributed by atoms with Gasteiger partial charge >= 0.3 is 0 Å². The highest BCUT2D eigenvalue weighted by Gasteiger charge is 2.14. The molecule has 0 saturated heterocycles. The third kappa shape index (κ3) is 3.14. The Balaban J connectivity index is 2.51. The van der Waals surface area contributed by atoms with E-state index in [1.165, 1.54) is 0 Å². The van der Waals surface area contributed by atoms with Gasteiger partial charge in [0, 0.05) is 9.50 Å². The molecule has 20 heavy (non-hydrogen) atoms. The number of hydrogen-bond donors (Lipinski definition) is 1. The zero-order valence-corrected chi connectivity index (χ0v) is 14.2. The summed E-state index contributed by atoms with van der Waals surface area (Å²) in [6.45, 7) is 3.90. The molecule has 0 fully saturated rings. The van der Waals surface area contributed by atoms with Crippen molar-refractivity contribution in [3.63, 3.8) is 0 Å². The van der Waals surface area contributed by atoms with Crippen molar-refractivity contribution in [3.8, 4) is 11.5 Å². The van der Waals surface area contributed by atoms with E-state index >= 15 is 0 Å².